The van der Waals surface area contributed by atoms with Crippen molar-refractivity contribution in [2.24, 2.45) is 0 Å². The summed E-state index contributed by atoms with van der Waals surface area (Å²) >= 11 is 0. The summed E-state index contributed by atoms with van der Waals surface area (Å²) in [7, 11) is 0. The lowest BCUT2D eigenvalue weighted by molar-refractivity contribution is -0.363. The van der Waals surface area contributed by atoms with Crippen LogP contribution in [-0.4, -0.2) is 18.3 Å². The Labute approximate surface area is 79.2 Å². The molecule has 0 aliphatic carbocycles. The summed E-state index contributed by atoms with van der Waals surface area (Å²) in [6, 6.07) is 0. The van der Waals surface area contributed by atoms with Crippen molar-refractivity contribution in [2.45, 2.75) is 25.2 Å². The Balaban J connectivity index is 2.66. The minimum absolute atomic E-state index is 0.112. The third-order valence-electron chi connectivity index (χ3n) is 1.41. The Morgan fingerprint density at radius 3 is 2.07 bits per heavy atom. The van der Waals surface area contributed by atoms with Crippen LogP contribution in [0.2, 0.25) is 0 Å². The molecule has 0 amide bonds. The SMILES string of the molecule is CC1(C(F)(F)F)OC=C(OC(F)(F)F)O1. The molecule has 9 heteroatoms. The molecule has 0 aromatic rings. The van der Waals surface area contributed by atoms with Crippen molar-refractivity contribution < 1.29 is 40.6 Å². The maximum absolute atomic E-state index is 12.1. The lowest BCUT2D eigenvalue weighted by Gasteiger charge is -2.25. The van der Waals surface area contributed by atoms with E-state index in [0.717, 1.165) is 0 Å². The first kappa shape index (κ1) is 11.8. The van der Waals surface area contributed by atoms with Crippen LogP contribution in [-0.2, 0) is 14.2 Å². The molecule has 1 heterocycles. The second kappa shape index (κ2) is 3.11. The molecule has 1 atom stereocenters. The van der Waals surface area contributed by atoms with Crippen LogP contribution in [0.1, 0.15) is 6.92 Å². The summed E-state index contributed by atoms with van der Waals surface area (Å²) in [6.45, 7) is 0.427. The minimum atomic E-state index is -5.13. The van der Waals surface area contributed by atoms with E-state index in [-0.39, 0.29) is 6.26 Å². The van der Waals surface area contributed by atoms with Crippen LogP contribution in [0, 0.1) is 0 Å². The summed E-state index contributed by atoms with van der Waals surface area (Å²) < 4.78 is 82.0. The summed E-state index contributed by atoms with van der Waals surface area (Å²) in [5, 5.41) is 0. The first-order valence-corrected chi connectivity index (χ1v) is 3.43. The molecule has 0 spiro atoms. The largest absolute Gasteiger partial charge is 0.575 e. The Morgan fingerprint density at radius 1 is 1.20 bits per heavy atom. The molecule has 0 bridgehead atoms. The zero-order chi connectivity index (χ0) is 11.9. The van der Waals surface area contributed by atoms with Gasteiger partial charge in [-0.3, -0.25) is 0 Å². The Kier molecular flexibility index (Phi) is 2.44. The fraction of sp³-hybridized carbons (Fsp3) is 0.667. The van der Waals surface area contributed by atoms with Crippen LogP contribution < -0.4 is 0 Å². The molecule has 0 fully saturated rings. The molecule has 0 aromatic carbocycles. The van der Waals surface area contributed by atoms with Gasteiger partial charge in [0.25, 0.3) is 0 Å². The zero-order valence-corrected chi connectivity index (χ0v) is 7.07. The monoisotopic (exact) mass is 238 g/mol. The molecule has 1 rings (SSSR count). The van der Waals surface area contributed by atoms with E-state index in [1.807, 2.05) is 0 Å². The quantitative estimate of drug-likeness (QED) is 0.657. The Morgan fingerprint density at radius 2 is 1.73 bits per heavy atom. The second-order valence-electron chi connectivity index (χ2n) is 2.65. The summed E-state index contributed by atoms with van der Waals surface area (Å²) in [5.74, 6) is -4.53. The van der Waals surface area contributed by atoms with Crippen molar-refractivity contribution in [2.75, 3.05) is 0 Å². The highest BCUT2D eigenvalue weighted by atomic mass is 19.4. The van der Waals surface area contributed by atoms with Crippen LogP contribution in [0.4, 0.5) is 26.3 Å². The Hall–Kier alpha value is -1.28. The van der Waals surface area contributed by atoms with E-state index in [1.165, 1.54) is 0 Å². The van der Waals surface area contributed by atoms with Crippen LogP contribution in [0.3, 0.4) is 0 Å². The highest BCUT2D eigenvalue weighted by molar-refractivity contribution is 4.92. The van der Waals surface area contributed by atoms with E-state index < -0.39 is 24.3 Å². The molecular formula is C6H4F6O3. The predicted octanol–water partition coefficient (Wildman–Crippen LogP) is 2.65. The van der Waals surface area contributed by atoms with E-state index in [1.54, 1.807) is 0 Å². The highest BCUT2D eigenvalue weighted by Gasteiger charge is 2.60. The van der Waals surface area contributed by atoms with Crippen molar-refractivity contribution in [1.29, 1.82) is 0 Å². The van der Waals surface area contributed by atoms with Gasteiger partial charge in [0.2, 0.25) is 0 Å². The molecule has 1 aliphatic rings. The van der Waals surface area contributed by atoms with Crippen LogP contribution in [0.15, 0.2) is 12.2 Å². The van der Waals surface area contributed by atoms with E-state index in [2.05, 4.69) is 14.2 Å². The highest BCUT2D eigenvalue weighted by Crippen LogP contribution is 2.41. The third kappa shape index (κ3) is 2.60. The van der Waals surface area contributed by atoms with Gasteiger partial charge < -0.3 is 14.2 Å². The number of ether oxygens (including phenoxy) is 3. The summed E-state index contributed by atoms with van der Waals surface area (Å²) in [5.41, 5.74) is 0. The zero-order valence-electron chi connectivity index (χ0n) is 7.07. The van der Waals surface area contributed by atoms with Crippen LogP contribution >= 0.6 is 0 Å². The van der Waals surface area contributed by atoms with Gasteiger partial charge in [0, 0.05) is 6.92 Å². The fourth-order valence-corrected chi connectivity index (χ4v) is 0.684. The lowest BCUT2D eigenvalue weighted by atomic mass is 10.3. The number of rotatable bonds is 1. The molecule has 0 aromatic heterocycles. The molecule has 1 aliphatic heterocycles. The van der Waals surface area contributed by atoms with Crippen LogP contribution in [0.5, 0.6) is 0 Å². The van der Waals surface area contributed by atoms with E-state index in [9.17, 15) is 26.3 Å². The van der Waals surface area contributed by atoms with E-state index >= 15 is 0 Å². The molecule has 15 heavy (non-hydrogen) atoms. The van der Waals surface area contributed by atoms with Crippen molar-refractivity contribution in [1.82, 2.24) is 0 Å². The topological polar surface area (TPSA) is 27.7 Å². The number of halogens is 6. The molecule has 1 unspecified atom stereocenters. The van der Waals surface area contributed by atoms with Crippen molar-refractivity contribution in [3.63, 3.8) is 0 Å². The smallest absolute Gasteiger partial charge is 0.445 e. The van der Waals surface area contributed by atoms with Gasteiger partial charge in [-0.25, -0.2) is 0 Å². The summed E-state index contributed by atoms with van der Waals surface area (Å²) in [6.07, 6.45) is -9.99. The van der Waals surface area contributed by atoms with Gasteiger partial charge in [-0.2, -0.15) is 13.2 Å². The first-order chi connectivity index (χ1) is 6.54. The van der Waals surface area contributed by atoms with Gasteiger partial charge in [-0.1, -0.05) is 0 Å². The molecule has 88 valence electrons. The average molecular weight is 238 g/mol. The normalized spacial score (nSPS) is 26.7. The van der Waals surface area contributed by atoms with Crippen LogP contribution in [0.25, 0.3) is 0 Å². The average Bonchev–Trinajstić information content (AvgIpc) is 2.27. The van der Waals surface area contributed by atoms with Gasteiger partial charge in [0.15, 0.2) is 6.26 Å². The predicted molar refractivity (Wildman–Crippen MR) is 31.9 cm³/mol. The van der Waals surface area contributed by atoms with Gasteiger partial charge in [-0.15, -0.1) is 13.2 Å². The second-order valence-corrected chi connectivity index (χ2v) is 2.65. The minimum Gasteiger partial charge on any atom is -0.445 e. The molecule has 0 saturated carbocycles. The lowest BCUT2D eigenvalue weighted by Crippen LogP contribution is -2.43. The Bertz CT molecular complexity index is 280. The molecule has 0 N–H and O–H groups in total. The fourth-order valence-electron chi connectivity index (χ4n) is 0.684. The molecular weight excluding hydrogens is 234 g/mol. The van der Waals surface area contributed by atoms with Crippen molar-refractivity contribution >= 4 is 0 Å². The maximum atomic E-state index is 12.1. The number of hydrogen-bond acceptors (Lipinski definition) is 3. The van der Waals surface area contributed by atoms with Crippen molar-refractivity contribution in [3.8, 4) is 0 Å². The number of alkyl halides is 6. The third-order valence-corrected chi connectivity index (χ3v) is 1.41. The van der Waals surface area contributed by atoms with Gasteiger partial charge in [0.05, 0.1) is 0 Å². The van der Waals surface area contributed by atoms with Gasteiger partial charge in [0.1, 0.15) is 0 Å². The molecule has 0 saturated heterocycles. The first-order valence-electron chi connectivity index (χ1n) is 3.43. The maximum Gasteiger partial charge on any atom is 0.575 e. The number of hydrogen-bond donors (Lipinski definition) is 0. The molecule has 3 nitrogen and oxygen atoms in total. The van der Waals surface area contributed by atoms with Crippen molar-refractivity contribution in [3.05, 3.63) is 12.2 Å². The van der Waals surface area contributed by atoms with E-state index in [4.69, 9.17) is 0 Å². The van der Waals surface area contributed by atoms with Gasteiger partial charge in [-0.05, 0) is 0 Å². The molecule has 0 radical (unpaired) electrons. The van der Waals surface area contributed by atoms with Gasteiger partial charge >= 0.3 is 24.3 Å². The summed E-state index contributed by atoms with van der Waals surface area (Å²) in [4.78, 5) is 0. The van der Waals surface area contributed by atoms with E-state index in [0.29, 0.717) is 6.92 Å². The standard InChI is InChI=1S/C6H4F6O3/c1-4(5(7,8)9)13-2-3(14-4)15-6(10,11)12/h2H,1H3.